The van der Waals surface area contributed by atoms with E-state index in [2.05, 4.69) is 25.7 Å². The second-order valence-electron chi connectivity index (χ2n) is 8.40. The van der Waals surface area contributed by atoms with Gasteiger partial charge in [0.1, 0.15) is 12.4 Å². The number of rotatable bonds is 7. The van der Waals surface area contributed by atoms with E-state index < -0.39 is 0 Å². The maximum atomic E-state index is 4.82. The Labute approximate surface area is 193 Å². The third kappa shape index (κ3) is 8.39. The lowest BCUT2D eigenvalue weighted by molar-refractivity contribution is 0.282. The largest absolute Gasteiger partial charge is 0.356 e. The summed E-state index contributed by atoms with van der Waals surface area (Å²) in [6.45, 7) is 7.23. The van der Waals surface area contributed by atoms with Crippen LogP contribution in [0.2, 0.25) is 0 Å². The Kier molecular flexibility index (Phi) is 11.3. The van der Waals surface area contributed by atoms with Crippen molar-refractivity contribution in [1.82, 2.24) is 30.3 Å². The summed E-state index contributed by atoms with van der Waals surface area (Å²) in [6.07, 6.45) is 13.2. The van der Waals surface area contributed by atoms with Crippen molar-refractivity contribution in [3.8, 4) is 0 Å². The zero-order valence-corrected chi connectivity index (χ0v) is 20.7. The molecule has 0 aromatic carbocycles. The number of hydrogen-bond donors (Lipinski definition) is 2. The summed E-state index contributed by atoms with van der Waals surface area (Å²) in [5.74, 6) is 2.77. The van der Waals surface area contributed by atoms with Crippen LogP contribution in [-0.4, -0.2) is 57.8 Å². The van der Waals surface area contributed by atoms with Gasteiger partial charge in [-0.25, -0.2) is 4.99 Å². The second kappa shape index (κ2) is 13.4. The van der Waals surface area contributed by atoms with Gasteiger partial charge in [0.2, 0.25) is 0 Å². The molecule has 7 nitrogen and oxygen atoms in total. The van der Waals surface area contributed by atoms with Gasteiger partial charge >= 0.3 is 0 Å². The van der Waals surface area contributed by atoms with E-state index in [9.17, 15) is 0 Å². The molecule has 1 aromatic heterocycles. The van der Waals surface area contributed by atoms with Crippen LogP contribution < -0.4 is 10.6 Å². The highest BCUT2D eigenvalue weighted by Gasteiger charge is 2.15. The number of aliphatic imine (C=N–C) groups is 1. The molecule has 1 saturated heterocycles. The van der Waals surface area contributed by atoms with Gasteiger partial charge in [-0.15, -0.1) is 34.2 Å². The van der Waals surface area contributed by atoms with Crippen molar-refractivity contribution in [1.29, 1.82) is 0 Å². The van der Waals surface area contributed by atoms with Crippen molar-refractivity contribution in [2.75, 3.05) is 26.2 Å². The Morgan fingerprint density at radius 3 is 2.38 bits per heavy atom. The molecule has 0 unspecified atom stereocenters. The zero-order valence-electron chi connectivity index (χ0n) is 18.3. The van der Waals surface area contributed by atoms with Crippen molar-refractivity contribution in [3.63, 3.8) is 0 Å². The molecule has 2 N–H and O–H groups in total. The molecule has 2 aliphatic rings. The first kappa shape index (κ1) is 24.4. The minimum atomic E-state index is 0. The monoisotopic (exact) mass is 517 g/mol. The summed E-state index contributed by atoms with van der Waals surface area (Å²) in [7, 11) is 2.00. The molecule has 1 aliphatic heterocycles. The van der Waals surface area contributed by atoms with Crippen LogP contribution in [0.15, 0.2) is 4.99 Å². The van der Waals surface area contributed by atoms with Gasteiger partial charge in [-0.1, -0.05) is 32.1 Å². The van der Waals surface area contributed by atoms with Crippen LogP contribution in [0.1, 0.15) is 75.9 Å². The maximum Gasteiger partial charge on any atom is 0.191 e. The average molecular weight is 518 g/mol. The number of halogens is 1. The van der Waals surface area contributed by atoms with Gasteiger partial charge < -0.3 is 20.1 Å². The first-order chi connectivity index (χ1) is 13.7. The minimum absolute atomic E-state index is 0. The van der Waals surface area contributed by atoms with Gasteiger partial charge in [0.15, 0.2) is 11.8 Å². The fourth-order valence-electron chi connectivity index (χ4n) is 4.20. The van der Waals surface area contributed by atoms with Crippen LogP contribution >= 0.6 is 24.0 Å². The number of aryl methyl sites for hydroxylation is 1. The highest BCUT2D eigenvalue weighted by molar-refractivity contribution is 14.0. The Hall–Kier alpha value is -0.900. The van der Waals surface area contributed by atoms with Crippen molar-refractivity contribution in [2.45, 2.75) is 83.7 Å². The van der Waals surface area contributed by atoms with E-state index in [-0.39, 0.29) is 24.0 Å². The molecule has 0 spiro atoms. The number of hydrogen-bond acceptors (Lipinski definition) is 4. The van der Waals surface area contributed by atoms with Crippen LogP contribution in [-0.2, 0) is 13.6 Å². The lowest BCUT2D eigenvalue weighted by Crippen LogP contribution is -2.45. The zero-order chi connectivity index (χ0) is 19.6. The predicted octanol–water partition coefficient (Wildman–Crippen LogP) is 3.38. The van der Waals surface area contributed by atoms with E-state index in [0.29, 0.717) is 12.6 Å². The Balaban J connectivity index is 0.00000300. The number of likely N-dealkylation sites (tertiary alicyclic amines) is 1. The number of nitrogens with zero attached hydrogens (tertiary/aromatic N) is 5. The smallest absolute Gasteiger partial charge is 0.191 e. The van der Waals surface area contributed by atoms with Crippen molar-refractivity contribution in [3.05, 3.63) is 11.6 Å². The third-order valence-corrected chi connectivity index (χ3v) is 6.15. The number of nitrogens with one attached hydrogen (secondary N) is 2. The summed E-state index contributed by atoms with van der Waals surface area (Å²) < 4.78 is 2.01. The first-order valence-corrected chi connectivity index (χ1v) is 11.3. The fraction of sp³-hybridized carbons (Fsp3) is 0.857. The Bertz CT molecular complexity index is 602. The maximum absolute atomic E-state index is 4.82. The topological polar surface area (TPSA) is 70.4 Å². The van der Waals surface area contributed by atoms with E-state index in [0.717, 1.165) is 30.6 Å². The van der Waals surface area contributed by atoms with Crippen LogP contribution in [0.5, 0.6) is 0 Å². The SMILES string of the molecule is Cc1nnc(CN=C(NCCCN2CCCCCC2)NC2CCCCC2)n1C.I. The standard InChI is InChI=1S/C21H39N7.HI/c1-18-25-26-20(27(18)2)17-23-21(24-19-11-6-5-7-12-19)22-13-10-16-28-14-8-3-4-9-15-28;/h19H,3-17H2,1-2H3,(H2,22,23,24);1H. The van der Waals surface area contributed by atoms with Crippen molar-refractivity contribution in [2.24, 2.45) is 12.0 Å². The Morgan fingerprint density at radius 2 is 1.72 bits per heavy atom. The molecular formula is C21H40IN7. The summed E-state index contributed by atoms with van der Waals surface area (Å²) in [6, 6.07) is 0.548. The molecule has 3 rings (SSSR count). The van der Waals surface area contributed by atoms with E-state index in [1.165, 1.54) is 77.4 Å². The summed E-state index contributed by atoms with van der Waals surface area (Å²) >= 11 is 0. The molecule has 1 aromatic rings. The predicted molar refractivity (Wildman–Crippen MR) is 130 cm³/mol. The fourth-order valence-corrected chi connectivity index (χ4v) is 4.20. The van der Waals surface area contributed by atoms with E-state index in [1.54, 1.807) is 0 Å². The van der Waals surface area contributed by atoms with E-state index in [1.807, 2.05) is 18.5 Å². The molecule has 29 heavy (non-hydrogen) atoms. The molecule has 1 aliphatic carbocycles. The van der Waals surface area contributed by atoms with Crippen molar-refractivity contribution >= 4 is 29.9 Å². The molecule has 2 fully saturated rings. The third-order valence-electron chi connectivity index (χ3n) is 6.15. The van der Waals surface area contributed by atoms with Crippen molar-refractivity contribution < 1.29 is 0 Å². The lowest BCUT2D eigenvalue weighted by atomic mass is 9.96. The summed E-state index contributed by atoms with van der Waals surface area (Å²) in [5.41, 5.74) is 0. The molecule has 0 radical (unpaired) electrons. The van der Waals surface area contributed by atoms with Crippen LogP contribution in [0.3, 0.4) is 0 Å². The van der Waals surface area contributed by atoms with Gasteiger partial charge in [0.25, 0.3) is 0 Å². The number of aromatic nitrogens is 3. The molecule has 0 atom stereocenters. The van der Waals surface area contributed by atoms with Gasteiger partial charge in [0.05, 0.1) is 0 Å². The van der Waals surface area contributed by atoms with Crippen LogP contribution in [0.4, 0.5) is 0 Å². The Morgan fingerprint density at radius 1 is 1.03 bits per heavy atom. The van der Waals surface area contributed by atoms with Crippen LogP contribution in [0, 0.1) is 6.92 Å². The molecule has 1 saturated carbocycles. The number of guanidine groups is 1. The van der Waals surface area contributed by atoms with Gasteiger partial charge in [-0.3, -0.25) is 0 Å². The lowest BCUT2D eigenvalue weighted by Gasteiger charge is -2.25. The van der Waals surface area contributed by atoms with Gasteiger partial charge in [-0.05, 0) is 58.7 Å². The molecule has 0 bridgehead atoms. The van der Waals surface area contributed by atoms with Gasteiger partial charge in [-0.2, -0.15) is 0 Å². The van der Waals surface area contributed by atoms with Gasteiger partial charge in [0, 0.05) is 19.6 Å². The highest BCUT2D eigenvalue weighted by Crippen LogP contribution is 2.17. The van der Waals surface area contributed by atoms with E-state index >= 15 is 0 Å². The molecule has 2 heterocycles. The molecule has 8 heteroatoms. The molecule has 166 valence electrons. The first-order valence-electron chi connectivity index (χ1n) is 11.3. The molecular weight excluding hydrogens is 477 g/mol. The van der Waals surface area contributed by atoms with Crippen LogP contribution in [0.25, 0.3) is 0 Å². The average Bonchev–Trinajstić information content (AvgIpc) is 2.90. The minimum Gasteiger partial charge on any atom is -0.356 e. The second-order valence-corrected chi connectivity index (χ2v) is 8.40. The normalized spacial score (nSPS) is 19.4. The molecule has 0 amide bonds. The van der Waals surface area contributed by atoms with E-state index in [4.69, 9.17) is 4.99 Å². The quantitative estimate of drug-likeness (QED) is 0.251. The summed E-state index contributed by atoms with van der Waals surface area (Å²) in [4.78, 5) is 7.45. The summed E-state index contributed by atoms with van der Waals surface area (Å²) in [5, 5.41) is 15.6. The highest BCUT2D eigenvalue weighted by atomic mass is 127.